The Morgan fingerprint density at radius 2 is 1.74 bits per heavy atom. The quantitative estimate of drug-likeness (QED) is 0.637. The van der Waals surface area contributed by atoms with Crippen molar-refractivity contribution >= 4 is 27.3 Å². The minimum Gasteiger partial charge on any atom is -0.508 e. The standard InChI is InChI=1S/C23H21N3O4S/c1-31(29,30)25-18-11-7-10-17(14-18)20-15-21(19-12-5-6-13-22(19)27)26(24-20)23(28)16-8-3-2-4-9-16/h2-14,21,25,27H,15H2,1H3. The highest BCUT2D eigenvalue weighted by Crippen LogP contribution is 2.38. The summed E-state index contributed by atoms with van der Waals surface area (Å²) in [4.78, 5) is 13.2. The Labute approximate surface area is 180 Å². The number of phenols is 1. The number of rotatable bonds is 5. The number of aromatic hydroxyl groups is 1. The van der Waals surface area contributed by atoms with Gasteiger partial charge in [-0.3, -0.25) is 9.52 Å². The van der Waals surface area contributed by atoms with Gasteiger partial charge in [0.05, 0.1) is 18.0 Å². The molecule has 158 valence electrons. The number of carbonyl (C=O) groups excluding carboxylic acids is 1. The lowest BCUT2D eigenvalue weighted by Gasteiger charge is -2.22. The van der Waals surface area contributed by atoms with Crippen molar-refractivity contribution in [1.29, 1.82) is 0 Å². The Morgan fingerprint density at radius 3 is 2.45 bits per heavy atom. The van der Waals surface area contributed by atoms with Gasteiger partial charge >= 0.3 is 0 Å². The molecule has 0 saturated carbocycles. The largest absolute Gasteiger partial charge is 0.508 e. The number of hydrogen-bond acceptors (Lipinski definition) is 5. The Kier molecular flexibility index (Phi) is 5.48. The van der Waals surface area contributed by atoms with Crippen molar-refractivity contribution in [3.05, 3.63) is 95.6 Å². The summed E-state index contributed by atoms with van der Waals surface area (Å²) >= 11 is 0. The van der Waals surface area contributed by atoms with Gasteiger partial charge in [-0.05, 0) is 35.9 Å². The number of anilines is 1. The molecule has 7 nitrogen and oxygen atoms in total. The van der Waals surface area contributed by atoms with Crippen LogP contribution in [0.25, 0.3) is 0 Å². The molecule has 4 rings (SSSR count). The van der Waals surface area contributed by atoms with E-state index >= 15 is 0 Å². The van der Waals surface area contributed by atoms with Gasteiger partial charge in [0.2, 0.25) is 10.0 Å². The van der Waals surface area contributed by atoms with Gasteiger partial charge in [0.25, 0.3) is 5.91 Å². The smallest absolute Gasteiger partial charge is 0.274 e. The number of hydrogen-bond donors (Lipinski definition) is 2. The monoisotopic (exact) mass is 435 g/mol. The van der Waals surface area contributed by atoms with Crippen LogP contribution in [0.1, 0.15) is 33.9 Å². The second kappa shape index (κ2) is 8.23. The van der Waals surface area contributed by atoms with Crippen LogP contribution in [-0.2, 0) is 10.0 Å². The van der Waals surface area contributed by atoms with Crippen LogP contribution in [0.15, 0.2) is 84.0 Å². The lowest BCUT2D eigenvalue weighted by atomic mass is 9.97. The molecule has 1 amide bonds. The van der Waals surface area contributed by atoms with E-state index in [1.54, 1.807) is 66.7 Å². The average Bonchev–Trinajstić information content (AvgIpc) is 3.18. The van der Waals surface area contributed by atoms with Crippen molar-refractivity contribution in [1.82, 2.24) is 5.01 Å². The van der Waals surface area contributed by atoms with E-state index in [1.165, 1.54) is 5.01 Å². The summed E-state index contributed by atoms with van der Waals surface area (Å²) in [5, 5.41) is 16.4. The minimum atomic E-state index is -3.42. The van der Waals surface area contributed by atoms with E-state index in [1.807, 2.05) is 12.1 Å². The molecule has 0 fully saturated rings. The van der Waals surface area contributed by atoms with Gasteiger partial charge in [0.15, 0.2) is 0 Å². The van der Waals surface area contributed by atoms with Crippen LogP contribution in [0.3, 0.4) is 0 Å². The number of hydrazone groups is 1. The summed E-state index contributed by atoms with van der Waals surface area (Å²) in [6.45, 7) is 0. The Morgan fingerprint density at radius 1 is 1.03 bits per heavy atom. The highest BCUT2D eigenvalue weighted by molar-refractivity contribution is 7.92. The molecule has 2 N–H and O–H groups in total. The van der Waals surface area contributed by atoms with Gasteiger partial charge in [-0.2, -0.15) is 5.10 Å². The molecule has 0 saturated heterocycles. The first kappa shape index (κ1) is 20.6. The molecule has 0 aromatic heterocycles. The van der Waals surface area contributed by atoms with Crippen LogP contribution >= 0.6 is 0 Å². The van der Waals surface area contributed by atoms with E-state index in [0.717, 1.165) is 6.26 Å². The molecule has 0 bridgehead atoms. The summed E-state index contributed by atoms with van der Waals surface area (Å²) in [7, 11) is -3.42. The summed E-state index contributed by atoms with van der Waals surface area (Å²) in [6.07, 6.45) is 1.46. The van der Waals surface area contributed by atoms with E-state index in [4.69, 9.17) is 0 Å². The predicted molar refractivity (Wildman–Crippen MR) is 120 cm³/mol. The lowest BCUT2D eigenvalue weighted by molar-refractivity contribution is 0.0709. The topological polar surface area (TPSA) is 99.1 Å². The van der Waals surface area contributed by atoms with Crippen molar-refractivity contribution in [2.75, 3.05) is 11.0 Å². The number of benzene rings is 3. The van der Waals surface area contributed by atoms with Gasteiger partial charge in [0, 0.05) is 23.2 Å². The van der Waals surface area contributed by atoms with Gasteiger partial charge in [-0.25, -0.2) is 13.4 Å². The summed E-state index contributed by atoms with van der Waals surface area (Å²) in [5.74, 6) is -0.198. The molecule has 1 atom stereocenters. The van der Waals surface area contributed by atoms with Gasteiger partial charge in [0.1, 0.15) is 5.75 Å². The minimum absolute atomic E-state index is 0.0855. The van der Waals surface area contributed by atoms with Crippen molar-refractivity contribution < 1.29 is 18.3 Å². The first-order valence-corrected chi connectivity index (χ1v) is 11.5. The van der Waals surface area contributed by atoms with E-state index in [2.05, 4.69) is 9.82 Å². The molecule has 8 heteroatoms. The zero-order valence-corrected chi connectivity index (χ0v) is 17.6. The molecule has 31 heavy (non-hydrogen) atoms. The summed E-state index contributed by atoms with van der Waals surface area (Å²) < 4.78 is 25.6. The van der Waals surface area contributed by atoms with Crippen LogP contribution in [0.4, 0.5) is 5.69 Å². The lowest BCUT2D eigenvalue weighted by Crippen LogP contribution is -2.27. The SMILES string of the molecule is CS(=O)(=O)Nc1cccc(C2=NN(C(=O)c3ccccc3)C(c3ccccc3O)C2)c1. The van der Waals surface area contributed by atoms with Crippen molar-refractivity contribution in [2.24, 2.45) is 5.10 Å². The third-order valence-electron chi connectivity index (χ3n) is 4.93. The Balaban J connectivity index is 1.74. The third kappa shape index (κ3) is 4.59. The maximum atomic E-state index is 13.2. The zero-order valence-electron chi connectivity index (χ0n) is 16.8. The second-order valence-electron chi connectivity index (χ2n) is 7.30. The fourth-order valence-electron chi connectivity index (χ4n) is 3.57. The highest BCUT2D eigenvalue weighted by Gasteiger charge is 2.35. The normalized spacial score (nSPS) is 16.1. The van der Waals surface area contributed by atoms with Gasteiger partial charge < -0.3 is 5.11 Å². The van der Waals surface area contributed by atoms with Crippen LogP contribution in [0, 0.1) is 0 Å². The molecular formula is C23H21N3O4S. The first-order valence-electron chi connectivity index (χ1n) is 9.64. The highest BCUT2D eigenvalue weighted by atomic mass is 32.2. The molecule has 1 unspecified atom stereocenters. The molecule has 3 aromatic rings. The summed E-state index contributed by atoms with van der Waals surface area (Å²) in [5.41, 5.74) is 2.80. The van der Waals surface area contributed by atoms with Gasteiger partial charge in [-0.15, -0.1) is 0 Å². The van der Waals surface area contributed by atoms with Crippen LogP contribution in [0.2, 0.25) is 0 Å². The molecule has 1 aliphatic heterocycles. The molecule has 0 spiro atoms. The number of para-hydroxylation sites is 1. The van der Waals surface area contributed by atoms with E-state index in [-0.39, 0.29) is 11.7 Å². The van der Waals surface area contributed by atoms with Gasteiger partial charge in [-0.1, -0.05) is 48.5 Å². The average molecular weight is 436 g/mol. The van der Waals surface area contributed by atoms with Crippen molar-refractivity contribution in [3.63, 3.8) is 0 Å². The number of nitrogens with one attached hydrogen (secondary N) is 1. The third-order valence-corrected chi connectivity index (χ3v) is 5.54. The van der Waals surface area contributed by atoms with Crippen LogP contribution in [0.5, 0.6) is 5.75 Å². The number of nitrogens with zero attached hydrogens (tertiary/aromatic N) is 2. The second-order valence-corrected chi connectivity index (χ2v) is 9.04. The molecular weight excluding hydrogens is 414 g/mol. The zero-order chi connectivity index (χ0) is 22.0. The number of carbonyl (C=O) groups is 1. The van der Waals surface area contributed by atoms with E-state index in [9.17, 15) is 18.3 Å². The fraction of sp³-hybridized carbons (Fsp3) is 0.130. The first-order chi connectivity index (χ1) is 14.8. The molecule has 0 radical (unpaired) electrons. The number of amides is 1. The maximum Gasteiger partial charge on any atom is 0.274 e. The molecule has 1 aliphatic rings. The summed E-state index contributed by atoms with van der Waals surface area (Å²) in [6, 6.07) is 22.1. The molecule has 1 heterocycles. The van der Waals surface area contributed by atoms with Crippen molar-refractivity contribution in [3.8, 4) is 5.75 Å². The molecule has 0 aliphatic carbocycles. The fourth-order valence-corrected chi connectivity index (χ4v) is 4.13. The molecule has 3 aromatic carbocycles. The number of sulfonamides is 1. The number of phenolic OH excluding ortho intramolecular Hbond substituents is 1. The maximum absolute atomic E-state index is 13.2. The van der Waals surface area contributed by atoms with Crippen LogP contribution in [-0.4, -0.2) is 36.4 Å². The Bertz CT molecular complexity index is 1260. The van der Waals surface area contributed by atoms with E-state index < -0.39 is 16.1 Å². The van der Waals surface area contributed by atoms with Crippen LogP contribution < -0.4 is 4.72 Å². The van der Waals surface area contributed by atoms with E-state index in [0.29, 0.717) is 34.5 Å². The van der Waals surface area contributed by atoms with Crippen molar-refractivity contribution in [2.45, 2.75) is 12.5 Å². The Hall–Kier alpha value is -3.65. The predicted octanol–water partition coefficient (Wildman–Crippen LogP) is 3.76.